The standard InChI is InChI=1S/C22H19ClN2O3/c1-28-20-8-6-13(9-17(20)23)11-25-18-4-2-3-16(22(24)27)21(18)15-7-5-14(12-26)10-19(15)25/h2-10,26H,11-12H2,1H3,(H2,24,27). The predicted octanol–water partition coefficient (Wildman–Crippen LogP) is 4.10. The molecule has 0 saturated carbocycles. The molecule has 1 heterocycles. The first kappa shape index (κ1) is 18.3. The van der Waals surface area contributed by atoms with Gasteiger partial charge in [0.05, 0.1) is 24.3 Å². The Morgan fingerprint density at radius 1 is 1.11 bits per heavy atom. The van der Waals surface area contributed by atoms with Crippen molar-refractivity contribution in [3.63, 3.8) is 0 Å². The van der Waals surface area contributed by atoms with E-state index in [1.165, 1.54) is 0 Å². The van der Waals surface area contributed by atoms with Crippen molar-refractivity contribution < 1.29 is 14.6 Å². The molecule has 0 aliphatic heterocycles. The molecule has 3 aromatic carbocycles. The minimum atomic E-state index is -0.469. The molecule has 0 aliphatic rings. The van der Waals surface area contributed by atoms with E-state index >= 15 is 0 Å². The molecule has 5 nitrogen and oxygen atoms in total. The lowest BCUT2D eigenvalue weighted by Gasteiger charge is -2.10. The number of carbonyl (C=O) groups excluding carboxylic acids is 1. The van der Waals surface area contributed by atoms with Crippen molar-refractivity contribution in [3.05, 3.63) is 76.3 Å². The SMILES string of the molecule is COc1ccc(Cn2c3cc(CO)ccc3c3c(C(N)=O)cccc32)cc1Cl. The van der Waals surface area contributed by atoms with Gasteiger partial charge in [0.1, 0.15) is 5.75 Å². The van der Waals surface area contributed by atoms with Crippen molar-refractivity contribution in [2.45, 2.75) is 13.2 Å². The fraction of sp³-hybridized carbons (Fsp3) is 0.136. The van der Waals surface area contributed by atoms with Crippen LogP contribution in [0.2, 0.25) is 5.02 Å². The second kappa shape index (κ2) is 7.19. The molecule has 0 saturated heterocycles. The molecular formula is C22H19ClN2O3. The summed E-state index contributed by atoms with van der Waals surface area (Å²) >= 11 is 6.29. The summed E-state index contributed by atoms with van der Waals surface area (Å²) in [4.78, 5) is 12.0. The smallest absolute Gasteiger partial charge is 0.249 e. The Hall–Kier alpha value is -3.02. The third kappa shape index (κ3) is 2.99. The van der Waals surface area contributed by atoms with Crippen LogP contribution in [0.1, 0.15) is 21.5 Å². The Bertz CT molecular complexity index is 1210. The molecule has 6 heteroatoms. The second-order valence-electron chi connectivity index (χ2n) is 6.63. The van der Waals surface area contributed by atoms with Gasteiger partial charge in [-0.25, -0.2) is 0 Å². The van der Waals surface area contributed by atoms with Crippen molar-refractivity contribution >= 4 is 39.3 Å². The lowest BCUT2D eigenvalue weighted by atomic mass is 10.0. The largest absolute Gasteiger partial charge is 0.495 e. The lowest BCUT2D eigenvalue weighted by molar-refractivity contribution is 0.100. The van der Waals surface area contributed by atoms with Crippen LogP contribution in [0.25, 0.3) is 21.8 Å². The summed E-state index contributed by atoms with van der Waals surface area (Å²) in [7, 11) is 1.58. The topological polar surface area (TPSA) is 77.5 Å². The molecule has 28 heavy (non-hydrogen) atoms. The van der Waals surface area contributed by atoms with Crippen molar-refractivity contribution in [2.75, 3.05) is 7.11 Å². The minimum absolute atomic E-state index is 0.0610. The van der Waals surface area contributed by atoms with Gasteiger partial charge in [-0.3, -0.25) is 4.79 Å². The van der Waals surface area contributed by atoms with Crippen LogP contribution in [0.4, 0.5) is 0 Å². The zero-order valence-electron chi connectivity index (χ0n) is 15.3. The van der Waals surface area contributed by atoms with Crippen LogP contribution in [-0.4, -0.2) is 22.7 Å². The number of methoxy groups -OCH3 is 1. The second-order valence-corrected chi connectivity index (χ2v) is 7.04. The summed E-state index contributed by atoms with van der Waals surface area (Å²) < 4.78 is 7.34. The van der Waals surface area contributed by atoms with Crippen LogP contribution in [0.5, 0.6) is 5.75 Å². The summed E-state index contributed by atoms with van der Waals surface area (Å²) in [6, 6.07) is 16.9. The van der Waals surface area contributed by atoms with Crippen molar-refractivity contribution in [1.29, 1.82) is 0 Å². The van der Waals surface area contributed by atoms with Gasteiger partial charge in [-0.05, 0) is 41.5 Å². The molecule has 0 fully saturated rings. The first-order chi connectivity index (χ1) is 13.5. The average Bonchev–Trinajstić information content (AvgIpc) is 3.01. The van der Waals surface area contributed by atoms with Gasteiger partial charge in [-0.15, -0.1) is 0 Å². The molecule has 142 valence electrons. The van der Waals surface area contributed by atoms with E-state index in [1.54, 1.807) is 13.2 Å². The molecule has 3 N–H and O–H groups in total. The number of carbonyl (C=O) groups is 1. The highest BCUT2D eigenvalue weighted by Crippen LogP contribution is 2.34. The van der Waals surface area contributed by atoms with E-state index in [-0.39, 0.29) is 6.61 Å². The zero-order valence-corrected chi connectivity index (χ0v) is 16.0. The van der Waals surface area contributed by atoms with Gasteiger partial charge in [0.15, 0.2) is 0 Å². The molecular weight excluding hydrogens is 376 g/mol. The molecule has 1 amide bonds. The molecule has 0 spiro atoms. The van der Waals surface area contributed by atoms with Crippen molar-refractivity contribution in [3.8, 4) is 5.75 Å². The third-order valence-corrected chi connectivity index (χ3v) is 5.26. The van der Waals surface area contributed by atoms with E-state index in [9.17, 15) is 9.90 Å². The number of aliphatic hydroxyl groups excluding tert-OH is 1. The van der Waals surface area contributed by atoms with Gasteiger partial charge in [0.2, 0.25) is 5.91 Å². The maximum absolute atomic E-state index is 12.0. The Balaban J connectivity index is 1.98. The molecule has 4 rings (SSSR count). The van der Waals surface area contributed by atoms with Crippen molar-refractivity contribution in [2.24, 2.45) is 5.73 Å². The van der Waals surface area contributed by atoms with E-state index in [1.807, 2.05) is 48.5 Å². The summed E-state index contributed by atoms with van der Waals surface area (Å²) in [5.41, 5.74) is 9.70. The predicted molar refractivity (Wildman–Crippen MR) is 111 cm³/mol. The third-order valence-electron chi connectivity index (χ3n) is 4.96. The number of benzene rings is 3. The number of primary amides is 1. The summed E-state index contributed by atoms with van der Waals surface area (Å²) in [5.74, 6) is 0.148. The fourth-order valence-electron chi connectivity index (χ4n) is 3.65. The summed E-state index contributed by atoms with van der Waals surface area (Å²) in [5, 5.41) is 11.8. The first-order valence-corrected chi connectivity index (χ1v) is 9.18. The number of hydrogen-bond donors (Lipinski definition) is 2. The van der Waals surface area contributed by atoms with Crippen LogP contribution >= 0.6 is 11.6 Å². The van der Waals surface area contributed by atoms with E-state index in [0.717, 1.165) is 32.9 Å². The Morgan fingerprint density at radius 2 is 1.89 bits per heavy atom. The quantitative estimate of drug-likeness (QED) is 0.535. The van der Waals surface area contributed by atoms with Crippen LogP contribution in [-0.2, 0) is 13.2 Å². The van der Waals surface area contributed by atoms with Gasteiger partial charge in [0, 0.05) is 28.4 Å². The molecule has 1 aromatic heterocycles. The van der Waals surface area contributed by atoms with Crippen molar-refractivity contribution in [1.82, 2.24) is 4.57 Å². The van der Waals surface area contributed by atoms with Gasteiger partial charge >= 0.3 is 0 Å². The Morgan fingerprint density at radius 3 is 2.57 bits per heavy atom. The highest BCUT2D eigenvalue weighted by molar-refractivity contribution is 6.32. The molecule has 4 aromatic rings. The van der Waals surface area contributed by atoms with Crippen LogP contribution in [0, 0.1) is 0 Å². The van der Waals surface area contributed by atoms with Gasteiger partial charge < -0.3 is 20.1 Å². The fourth-order valence-corrected chi connectivity index (χ4v) is 3.93. The van der Waals surface area contributed by atoms with Crippen LogP contribution in [0.15, 0.2) is 54.6 Å². The first-order valence-electron chi connectivity index (χ1n) is 8.80. The monoisotopic (exact) mass is 394 g/mol. The maximum atomic E-state index is 12.0. The highest BCUT2D eigenvalue weighted by Gasteiger charge is 2.17. The molecule has 0 atom stereocenters. The number of fused-ring (bicyclic) bond motifs is 3. The highest BCUT2D eigenvalue weighted by atomic mass is 35.5. The molecule has 0 unspecified atom stereocenters. The number of aliphatic hydroxyl groups is 1. The Kier molecular flexibility index (Phi) is 4.71. The summed E-state index contributed by atoms with van der Waals surface area (Å²) in [6.07, 6.45) is 0. The van der Waals surface area contributed by atoms with Gasteiger partial charge in [-0.1, -0.05) is 35.9 Å². The number of nitrogens with zero attached hydrogens (tertiary/aromatic N) is 1. The normalized spacial score (nSPS) is 11.2. The zero-order chi connectivity index (χ0) is 19.8. The minimum Gasteiger partial charge on any atom is -0.495 e. The van der Waals surface area contributed by atoms with E-state index < -0.39 is 5.91 Å². The van der Waals surface area contributed by atoms with Crippen LogP contribution < -0.4 is 10.5 Å². The number of aromatic nitrogens is 1. The maximum Gasteiger partial charge on any atom is 0.249 e. The van der Waals surface area contributed by atoms with Gasteiger partial charge in [-0.2, -0.15) is 0 Å². The number of nitrogens with two attached hydrogens (primary N) is 1. The number of ether oxygens (including phenoxy) is 1. The number of amides is 1. The number of hydrogen-bond acceptors (Lipinski definition) is 3. The van der Waals surface area contributed by atoms with Crippen LogP contribution in [0.3, 0.4) is 0 Å². The summed E-state index contributed by atoms with van der Waals surface area (Å²) in [6.45, 7) is 0.481. The van der Waals surface area contributed by atoms with E-state index in [2.05, 4.69) is 4.57 Å². The van der Waals surface area contributed by atoms with E-state index in [0.29, 0.717) is 22.9 Å². The number of rotatable bonds is 5. The van der Waals surface area contributed by atoms with Gasteiger partial charge in [0.25, 0.3) is 0 Å². The average molecular weight is 395 g/mol. The Labute approximate surface area is 166 Å². The molecule has 0 bridgehead atoms. The lowest BCUT2D eigenvalue weighted by Crippen LogP contribution is -2.11. The molecule has 0 aliphatic carbocycles. The molecule has 0 radical (unpaired) electrons. The van der Waals surface area contributed by atoms with E-state index in [4.69, 9.17) is 22.1 Å². The number of halogens is 1.